The molecule has 30 heavy (non-hydrogen) atoms. The van der Waals surface area contributed by atoms with Gasteiger partial charge in [0.1, 0.15) is 25.0 Å². The van der Waals surface area contributed by atoms with Crippen molar-refractivity contribution in [3.05, 3.63) is 70.5 Å². The first-order valence-corrected chi connectivity index (χ1v) is 9.56. The van der Waals surface area contributed by atoms with E-state index >= 15 is 0 Å². The molecule has 0 fully saturated rings. The van der Waals surface area contributed by atoms with E-state index in [1.165, 1.54) is 24.5 Å². The average molecular weight is 416 g/mol. The Morgan fingerprint density at radius 2 is 1.20 bits per heavy atom. The van der Waals surface area contributed by atoms with E-state index in [1.54, 1.807) is 26.0 Å². The number of carbonyl (C=O) groups excluding carboxylic acids is 1. The third kappa shape index (κ3) is 3.00. The lowest BCUT2D eigenvalue weighted by Crippen LogP contribution is -2.23. The second kappa shape index (κ2) is 7.63. The maximum absolute atomic E-state index is 14.5. The van der Waals surface area contributed by atoms with Gasteiger partial charge in [0.15, 0.2) is 5.78 Å². The van der Waals surface area contributed by atoms with Crippen molar-refractivity contribution >= 4 is 27.6 Å². The van der Waals surface area contributed by atoms with E-state index in [4.69, 9.17) is 0 Å². The molecule has 0 saturated carbocycles. The van der Waals surface area contributed by atoms with E-state index < -0.39 is 42.6 Å². The minimum Gasteiger partial charge on any atom is -0.361 e. The van der Waals surface area contributed by atoms with Crippen LogP contribution in [-0.4, -0.2) is 29.1 Å². The fourth-order valence-electron chi connectivity index (χ4n) is 4.16. The molecule has 2 atom stereocenters. The molecule has 0 spiro atoms. The van der Waals surface area contributed by atoms with E-state index in [9.17, 15) is 22.4 Å². The number of nitrogens with one attached hydrogen (secondary N) is 2. The summed E-state index contributed by atoms with van der Waals surface area (Å²) in [5.74, 6) is -4.71. The normalized spacial score (nSPS) is 13.8. The summed E-state index contributed by atoms with van der Waals surface area (Å²) >= 11 is 0. The molecule has 0 aliphatic heterocycles. The van der Waals surface area contributed by atoms with Crippen LogP contribution in [0.4, 0.5) is 17.6 Å². The number of rotatable bonds is 6. The molecule has 0 bridgehead atoms. The maximum Gasteiger partial charge on any atom is 0.153 e. The van der Waals surface area contributed by atoms with E-state index in [0.29, 0.717) is 11.0 Å². The van der Waals surface area contributed by atoms with Gasteiger partial charge in [0, 0.05) is 23.2 Å². The summed E-state index contributed by atoms with van der Waals surface area (Å²) in [5.41, 5.74) is 2.66. The van der Waals surface area contributed by atoms with Gasteiger partial charge in [-0.2, -0.15) is 0 Å². The molecule has 2 aromatic carbocycles. The molecule has 0 amide bonds. The van der Waals surface area contributed by atoms with Crippen molar-refractivity contribution in [2.75, 3.05) is 13.3 Å². The predicted molar refractivity (Wildman–Crippen MR) is 108 cm³/mol. The van der Waals surface area contributed by atoms with Crippen molar-refractivity contribution in [2.24, 2.45) is 0 Å². The number of hydrogen-bond donors (Lipinski definition) is 2. The van der Waals surface area contributed by atoms with Crippen LogP contribution in [0.15, 0.2) is 36.7 Å². The van der Waals surface area contributed by atoms with Crippen LogP contribution in [-0.2, 0) is 4.79 Å². The monoisotopic (exact) mass is 416 g/mol. The Morgan fingerprint density at radius 1 is 0.800 bits per heavy atom. The van der Waals surface area contributed by atoms with Crippen LogP contribution in [0.5, 0.6) is 0 Å². The van der Waals surface area contributed by atoms with Gasteiger partial charge in [0.05, 0.1) is 22.9 Å². The van der Waals surface area contributed by atoms with Crippen LogP contribution >= 0.6 is 0 Å². The molecule has 4 aromatic rings. The zero-order valence-electron chi connectivity index (χ0n) is 16.5. The quantitative estimate of drug-likeness (QED) is 0.377. The Kier molecular flexibility index (Phi) is 5.13. The molecule has 2 N–H and O–H groups in total. The summed E-state index contributed by atoms with van der Waals surface area (Å²) in [6.45, 7) is 1.27. The molecule has 7 heteroatoms. The average Bonchev–Trinajstić information content (AvgIpc) is 3.36. The Bertz CT molecular complexity index is 1160. The lowest BCUT2D eigenvalue weighted by molar-refractivity contribution is -0.122. The van der Waals surface area contributed by atoms with E-state index in [2.05, 4.69) is 9.97 Å². The molecule has 0 radical (unpaired) electrons. The number of fused-ring (bicyclic) bond motifs is 2. The smallest absolute Gasteiger partial charge is 0.153 e. The molecule has 156 valence electrons. The number of aromatic amines is 2. The van der Waals surface area contributed by atoms with Gasteiger partial charge in [-0.15, -0.1) is 0 Å². The van der Waals surface area contributed by atoms with E-state index in [1.807, 2.05) is 0 Å². The molecular weight excluding hydrogens is 396 g/mol. The Hall–Kier alpha value is -3.09. The summed E-state index contributed by atoms with van der Waals surface area (Å²) in [7, 11) is 0. The van der Waals surface area contributed by atoms with Crippen LogP contribution < -0.4 is 0 Å². The molecule has 2 aromatic heterocycles. The summed E-state index contributed by atoms with van der Waals surface area (Å²) in [4.78, 5) is 19.0. The minimum atomic E-state index is -1.38. The number of Topliss-reactive ketones (excluding diaryl/α,β-unsaturated/α-hetero) is 1. The van der Waals surface area contributed by atoms with Gasteiger partial charge < -0.3 is 9.97 Å². The van der Waals surface area contributed by atoms with Gasteiger partial charge in [0.25, 0.3) is 0 Å². The first-order chi connectivity index (χ1) is 14.4. The van der Waals surface area contributed by atoms with Crippen molar-refractivity contribution in [2.45, 2.75) is 25.7 Å². The van der Waals surface area contributed by atoms with Gasteiger partial charge in [-0.25, -0.2) is 17.6 Å². The highest BCUT2D eigenvalue weighted by Crippen LogP contribution is 2.37. The summed E-state index contributed by atoms with van der Waals surface area (Å²) in [6.07, 6.45) is 2.77. The van der Waals surface area contributed by atoms with Gasteiger partial charge in [-0.1, -0.05) is 12.1 Å². The number of benzene rings is 2. The SMILES string of the molecule is Cc1ccc(F)c2c(C(CF)C(=O)C(CF)c3c[nH]c4c(C)ccc(F)c34)c[nH]c12. The van der Waals surface area contributed by atoms with Crippen molar-refractivity contribution in [3.8, 4) is 0 Å². The fourth-order valence-corrected chi connectivity index (χ4v) is 4.16. The highest BCUT2D eigenvalue weighted by molar-refractivity contribution is 6.00. The van der Waals surface area contributed by atoms with Gasteiger partial charge in [-0.05, 0) is 48.2 Å². The number of alkyl halides is 2. The summed E-state index contributed by atoms with van der Waals surface area (Å²) < 4.78 is 57.1. The van der Waals surface area contributed by atoms with Crippen molar-refractivity contribution in [3.63, 3.8) is 0 Å². The van der Waals surface area contributed by atoms with Gasteiger partial charge in [-0.3, -0.25) is 4.79 Å². The van der Waals surface area contributed by atoms with Gasteiger partial charge in [0.2, 0.25) is 0 Å². The van der Waals surface area contributed by atoms with Crippen LogP contribution in [0.2, 0.25) is 0 Å². The van der Waals surface area contributed by atoms with Crippen molar-refractivity contribution < 1.29 is 22.4 Å². The van der Waals surface area contributed by atoms with Crippen LogP contribution in [0.3, 0.4) is 0 Å². The number of aromatic nitrogens is 2. The Labute approximate surface area is 170 Å². The second-order valence-electron chi connectivity index (χ2n) is 7.53. The van der Waals surface area contributed by atoms with Crippen molar-refractivity contribution in [1.82, 2.24) is 9.97 Å². The molecule has 0 aliphatic rings. The Morgan fingerprint density at radius 3 is 1.57 bits per heavy atom. The topological polar surface area (TPSA) is 48.6 Å². The largest absolute Gasteiger partial charge is 0.361 e. The molecule has 3 nitrogen and oxygen atoms in total. The highest BCUT2D eigenvalue weighted by Gasteiger charge is 2.34. The molecule has 2 unspecified atom stereocenters. The highest BCUT2D eigenvalue weighted by atomic mass is 19.1. The van der Waals surface area contributed by atoms with Gasteiger partial charge >= 0.3 is 0 Å². The van der Waals surface area contributed by atoms with E-state index in [0.717, 1.165) is 11.1 Å². The Balaban J connectivity index is 1.83. The third-order valence-electron chi connectivity index (χ3n) is 5.79. The van der Waals surface area contributed by atoms with Crippen LogP contribution in [0.1, 0.15) is 34.1 Å². The molecule has 4 rings (SSSR count). The first kappa shape index (κ1) is 20.2. The minimum absolute atomic E-state index is 0.115. The zero-order chi connectivity index (χ0) is 21.6. The zero-order valence-corrected chi connectivity index (χ0v) is 16.5. The number of carbonyl (C=O) groups is 1. The second-order valence-corrected chi connectivity index (χ2v) is 7.53. The van der Waals surface area contributed by atoms with Crippen molar-refractivity contribution in [1.29, 1.82) is 0 Å². The molecule has 0 aliphatic carbocycles. The van der Waals surface area contributed by atoms with E-state index in [-0.39, 0.29) is 21.9 Å². The number of H-pyrrole nitrogens is 2. The lowest BCUT2D eigenvalue weighted by atomic mass is 9.84. The number of aryl methyl sites for hydroxylation is 2. The fraction of sp³-hybridized carbons (Fsp3) is 0.261. The lowest BCUT2D eigenvalue weighted by Gasteiger charge is -2.18. The van der Waals surface area contributed by atoms with Crippen LogP contribution in [0.25, 0.3) is 21.8 Å². The standard InChI is InChI=1S/C23H20F4N2O/c1-11-3-5-17(26)19-15(9-28-21(11)19)13(7-24)23(30)14(8-25)16-10-29-22-12(2)4-6-18(27)20(16)22/h3-6,9-10,13-14,28-29H,7-8H2,1-2H3. The third-order valence-corrected chi connectivity index (χ3v) is 5.79. The summed E-state index contributed by atoms with van der Waals surface area (Å²) in [6, 6.07) is 5.65. The first-order valence-electron chi connectivity index (χ1n) is 9.56. The van der Waals surface area contributed by atoms with Crippen LogP contribution in [0, 0.1) is 25.5 Å². The number of hydrogen-bond acceptors (Lipinski definition) is 1. The maximum atomic E-state index is 14.5. The number of halogens is 4. The summed E-state index contributed by atoms with van der Waals surface area (Å²) in [5, 5.41) is 0.231. The molecule has 0 saturated heterocycles. The molecule has 2 heterocycles. The number of ketones is 1. The molecular formula is C23H20F4N2O. The predicted octanol–water partition coefficient (Wildman–Crippen LogP) is 5.92.